The Morgan fingerprint density at radius 3 is 2.60 bits per heavy atom. The molecule has 9 atom stereocenters. The van der Waals surface area contributed by atoms with Crippen molar-refractivity contribution in [2.75, 3.05) is 6.54 Å². The summed E-state index contributed by atoms with van der Waals surface area (Å²) in [5.74, 6) is 1.30. The summed E-state index contributed by atoms with van der Waals surface area (Å²) in [4.78, 5) is 28.2. The Bertz CT molecular complexity index is 802. The number of hydrogen-bond donors (Lipinski definition) is 2. The van der Waals surface area contributed by atoms with Gasteiger partial charge in [-0.05, 0) is 93.9 Å². The van der Waals surface area contributed by atoms with E-state index < -0.39 is 11.6 Å². The fourth-order valence-corrected chi connectivity index (χ4v) is 8.21. The molecule has 3 N–H and O–H groups in total. The number of carbonyl (C=O) groups is 2. The Balaban J connectivity index is 1.24. The highest BCUT2D eigenvalue weighted by molar-refractivity contribution is 5.84. The van der Waals surface area contributed by atoms with Crippen LogP contribution in [0.3, 0.4) is 0 Å². The summed E-state index contributed by atoms with van der Waals surface area (Å²) in [6.07, 6.45) is 9.29. The molecule has 5 saturated carbocycles. The van der Waals surface area contributed by atoms with Crippen LogP contribution in [0.2, 0.25) is 0 Å². The Morgan fingerprint density at radius 1 is 1.17 bits per heavy atom. The average Bonchev–Trinajstić information content (AvgIpc) is 3.12. The molecule has 2 aliphatic heterocycles. The van der Waals surface area contributed by atoms with Gasteiger partial charge in [0, 0.05) is 6.04 Å². The first-order valence-electron chi connectivity index (χ1n) is 11.9. The summed E-state index contributed by atoms with van der Waals surface area (Å²) in [7, 11) is 0. The topological polar surface area (TPSA) is 108 Å². The van der Waals surface area contributed by atoms with E-state index in [4.69, 9.17) is 10.5 Å². The summed E-state index contributed by atoms with van der Waals surface area (Å²) in [6, 6.07) is 1.45. The van der Waals surface area contributed by atoms with Crippen LogP contribution in [-0.4, -0.2) is 53.1 Å². The predicted molar refractivity (Wildman–Crippen MR) is 108 cm³/mol. The summed E-state index contributed by atoms with van der Waals surface area (Å²) in [5, 5.41) is 12.8. The molecule has 7 heteroatoms. The highest BCUT2D eigenvalue weighted by atomic mass is 16.6. The number of carbonyl (C=O) groups excluding carboxylic acids is 2. The zero-order valence-electron chi connectivity index (χ0n) is 17.5. The second-order valence-electron chi connectivity index (χ2n) is 11.2. The Hall–Kier alpha value is -1.65. The van der Waals surface area contributed by atoms with E-state index in [1.165, 1.54) is 6.42 Å². The zero-order valence-corrected chi connectivity index (χ0v) is 17.5. The highest BCUT2D eigenvalue weighted by Crippen LogP contribution is 2.64. The quantitative estimate of drug-likeness (QED) is 0.677. The van der Waals surface area contributed by atoms with Crippen molar-refractivity contribution in [2.24, 2.45) is 28.9 Å². The van der Waals surface area contributed by atoms with Crippen molar-refractivity contribution >= 4 is 11.9 Å². The number of ether oxygens (including phenoxy) is 1. The number of hydrogen-bond acceptors (Lipinski definition) is 6. The molecule has 7 aliphatic rings. The number of rotatable bonds is 4. The van der Waals surface area contributed by atoms with Gasteiger partial charge < -0.3 is 20.7 Å². The third kappa shape index (κ3) is 2.76. The maximum absolute atomic E-state index is 13.5. The third-order valence-corrected chi connectivity index (χ3v) is 9.15. The summed E-state index contributed by atoms with van der Waals surface area (Å²) < 4.78 is 6.25. The Kier molecular flexibility index (Phi) is 4.09. The van der Waals surface area contributed by atoms with Gasteiger partial charge in [-0.25, -0.2) is 0 Å². The van der Waals surface area contributed by atoms with Gasteiger partial charge in [-0.15, -0.1) is 0 Å². The molecule has 5 aliphatic carbocycles. The largest absolute Gasteiger partial charge is 0.458 e. The molecule has 4 bridgehead atoms. The van der Waals surface area contributed by atoms with Crippen molar-refractivity contribution < 1.29 is 14.3 Å². The molecule has 0 spiro atoms. The van der Waals surface area contributed by atoms with Gasteiger partial charge in [0.25, 0.3) is 0 Å². The van der Waals surface area contributed by atoms with Crippen LogP contribution in [0.1, 0.15) is 64.2 Å². The summed E-state index contributed by atoms with van der Waals surface area (Å²) >= 11 is 0. The number of nitrogens with one attached hydrogen (secondary N) is 1. The SMILES string of the molecule is N#C[C@@H]1CC2C[C@@H]2N1C(=O)[C@@H](N)C12CC3C[C@H](CC(OC(=O)[C@@H]4CCCN4)(C3)C1)C2. The van der Waals surface area contributed by atoms with E-state index in [9.17, 15) is 14.9 Å². The van der Waals surface area contributed by atoms with Crippen molar-refractivity contribution in [2.45, 2.75) is 94.0 Å². The first kappa shape index (κ1) is 19.1. The van der Waals surface area contributed by atoms with Crippen molar-refractivity contribution in [3.63, 3.8) is 0 Å². The minimum absolute atomic E-state index is 0.0348. The van der Waals surface area contributed by atoms with Crippen LogP contribution < -0.4 is 11.1 Å². The fraction of sp³-hybridized carbons (Fsp3) is 0.870. The molecule has 2 saturated heterocycles. The molecule has 2 heterocycles. The lowest BCUT2D eigenvalue weighted by molar-refractivity contribution is -0.207. The van der Waals surface area contributed by atoms with Gasteiger partial charge in [0.2, 0.25) is 5.91 Å². The molecule has 0 aromatic carbocycles. The van der Waals surface area contributed by atoms with Crippen LogP contribution in [0.25, 0.3) is 0 Å². The number of nitrogens with zero attached hydrogens (tertiary/aromatic N) is 2. The van der Waals surface area contributed by atoms with Crippen molar-refractivity contribution in [3.05, 3.63) is 0 Å². The maximum atomic E-state index is 13.5. The average molecular weight is 413 g/mol. The maximum Gasteiger partial charge on any atom is 0.323 e. The number of amides is 1. The minimum atomic E-state index is -0.596. The molecular weight excluding hydrogens is 380 g/mol. The first-order valence-corrected chi connectivity index (χ1v) is 11.9. The van der Waals surface area contributed by atoms with Crippen LogP contribution in [0.15, 0.2) is 0 Å². The second-order valence-corrected chi connectivity index (χ2v) is 11.2. The first-order chi connectivity index (χ1) is 14.4. The van der Waals surface area contributed by atoms with Crippen LogP contribution in [0.4, 0.5) is 0 Å². The molecule has 7 fully saturated rings. The predicted octanol–water partition coefficient (Wildman–Crippen LogP) is 1.46. The molecule has 4 unspecified atom stereocenters. The monoisotopic (exact) mass is 412 g/mol. The third-order valence-electron chi connectivity index (χ3n) is 9.15. The van der Waals surface area contributed by atoms with Gasteiger partial charge in [0.15, 0.2) is 0 Å². The molecular formula is C23H32N4O3. The van der Waals surface area contributed by atoms with Gasteiger partial charge in [-0.3, -0.25) is 9.59 Å². The molecule has 7 rings (SSSR count). The number of nitrogens with two attached hydrogens (primary N) is 1. The van der Waals surface area contributed by atoms with E-state index in [2.05, 4.69) is 11.4 Å². The lowest BCUT2D eigenvalue weighted by atomic mass is 9.46. The van der Waals surface area contributed by atoms with E-state index in [0.717, 1.165) is 57.9 Å². The van der Waals surface area contributed by atoms with E-state index in [1.54, 1.807) is 0 Å². The molecule has 0 aromatic rings. The zero-order chi connectivity index (χ0) is 20.7. The van der Waals surface area contributed by atoms with Gasteiger partial charge in [-0.2, -0.15) is 5.26 Å². The molecule has 0 radical (unpaired) electrons. The minimum Gasteiger partial charge on any atom is -0.458 e. The molecule has 30 heavy (non-hydrogen) atoms. The van der Waals surface area contributed by atoms with Crippen LogP contribution >= 0.6 is 0 Å². The smallest absolute Gasteiger partial charge is 0.323 e. The molecule has 0 aromatic heterocycles. The van der Waals surface area contributed by atoms with Crippen LogP contribution in [0.5, 0.6) is 0 Å². The summed E-state index contributed by atoms with van der Waals surface area (Å²) in [5.41, 5.74) is 6.00. The standard InChI is InChI=1S/C23H32N4O3/c24-11-16-5-15-6-18(15)27(16)20(28)19(25)22-7-13-4-14(8-22)10-23(9-13,12-22)30-21(29)17-2-1-3-26-17/h13-19,26H,1-10,12,25H2/t13-,14?,15?,16-,17-,18-,19+,22?,23?/m0/s1. The van der Waals surface area contributed by atoms with E-state index in [1.807, 2.05) is 4.90 Å². The van der Waals surface area contributed by atoms with Crippen LogP contribution in [0, 0.1) is 34.5 Å². The molecule has 7 nitrogen and oxygen atoms in total. The van der Waals surface area contributed by atoms with E-state index in [-0.39, 0.29) is 35.4 Å². The highest BCUT2D eigenvalue weighted by Gasteiger charge is 2.64. The lowest BCUT2D eigenvalue weighted by Gasteiger charge is -2.62. The summed E-state index contributed by atoms with van der Waals surface area (Å²) in [6.45, 7) is 0.874. The Morgan fingerprint density at radius 2 is 1.93 bits per heavy atom. The van der Waals surface area contributed by atoms with Gasteiger partial charge in [-0.1, -0.05) is 0 Å². The lowest BCUT2D eigenvalue weighted by Crippen LogP contribution is -2.66. The van der Waals surface area contributed by atoms with Gasteiger partial charge in [0.05, 0.1) is 12.1 Å². The van der Waals surface area contributed by atoms with Gasteiger partial charge >= 0.3 is 5.97 Å². The number of nitriles is 1. The molecule has 162 valence electrons. The number of piperidine rings is 1. The fourth-order valence-electron chi connectivity index (χ4n) is 8.21. The number of fused-ring (bicyclic) bond motifs is 1. The number of likely N-dealkylation sites (tertiary alicyclic amines) is 1. The number of esters is 1. The Labute approximate surface area is 177 Å². The van der Waals surface area contributed by atoms with E-state index in [0.29, 0.717) is 24.2 Å². The van der Waals surface area contributed by atoms with Crippen molar-refractivity contribution in [3.8, 4) is 6.07 Å². The van der Waals surface area contributed by atoms with Crippen molar-refractivity contribution in [1.82, 2.24) is 10.2 Å². The van der Waals surface area contributed by atoms with Crippen LogP contribution in [-0.2, 0) is 14.3 Å². The molecule has 1 amide bonds. The second kappa shape index (κ2) is 6.43. The van der Waals surface area contributed by atoms with Gasteiger partial charge in [0.1, 0.15) is 17.7 Å². The van der Waals surface area contributed by atoms with Crippen molar-refractivity contribution in [1.29, 1.82) is 5.26 Å². The normalized spacial score (nSPS) is 48.9. The van der Waals surface area contributed by atoms with E-state index >= 15 is 0 Å².